The topological polar surface area (TPSA) is 77.2 Å². The first kappa shape index (κ1) is 19.7. The summed E-state index contributed by atoms with van der Waals surface area (Å²) in [7, 11) is 0. The number of halogens is 4. The molecule has 0 radical (unpaired) electrons. The second kappa shape index (κ2) is 7.89. The van der Waals surface area contributed by atoms with Crippen LogP contribution in [0.25, 0.3) is 11.4 Å². The van der Waals surface area contributed by atoms with E-state index < -0.39 is 18.7 Å². The fourth-order valence-corrected chi connectivity index (χ4v) is 2.51. The summed E-state index contributed by atoms with van der Waals surface area (Å²) < 4.78 is 46.2. The number of aromatic nitrogens is 2. The molecule has 3 rings (SSSR count). The summed E-state index contributed by atoms with van der Waals surface area (Å²) in [6.07, 6.45) is -4.47. The molecule has 28 heavy (non-hydrogen) atoms. The largest absolute Gasteiger partial charge is 0.483 e. The molecule has 146 valence electrons. The number of rotatable bonds is 5. The first-order valence-corrected chi connectivity index (χ1v) is 8.30. The van der Waals surface area contributed by atoms with E-state index in [1.807, 2.05) is 0 Å². The summed E-state index contributed by atoms with van der Waals surface area (Å²) in [5, 5.41) is 6.36. The van der Waals surface area contributed by atoms with Gasteiger partial charge >= 0.3 is 6.18 Å². The van der Waals surface area contributed by atoms with E-state index in [-0.39, 0.29) is 10.8 Å². The number of amides is 1. The minimum atomic E-state index is -4.47. The highest BCUT2D eigenvalue weighted by Crippen LogP contribution is 2.29. The third-order valence-electron chi connectivity index (χ3n) is 3.49. The van der Waals surface area contributed by atoms with Crippen LogP contribution in [0.3, 0.4) is 0 Å². The zero-order valence-corrected chi connectivity index (χ0v) is 15.1. The van der Waals surface area contributed by atoms with Crippen molar-refractivity contribution in [3.8, 4) is 17.1 Å². The molecule has 2 aromatic carbocycles. The molecule has 1 amide bonds. The summed E-state index contributed by atoms with van der Waals surface area (Å²) in [4.78, 5) is 16.6. The van der Waals surface area contributed by atoms with E-state index in [9.17, 15) is 18.0 Å². The predicted octanol–water partition coefficient (Wildman–Crippen LogP) is 4.89. The summed E-state index contributed by atoms with van der Waals surface area (Å²) >= 11 is 5.92. The highest BCUT2D eigenvalue weighted by atomic mass is 35.5. The quantitative estimate of drug-likeness (QED) is 0.646. The van der Waals surface area contributed by atoms with Crippen molar-refractivity contribution in [3.05, 3.63) is 58.9 Å². The number of alkyl halides is 3. The molecule has 6 nitrogen and oxygen atoms in total. The second-order valence-electron chi connectivity index (χ2n) is 5.72. The van der Waals surface area contributed by atoms with Crippen molar-refractivity contribution in [2.45, 2.75) is 13.1 Å². The van der Waals surface area contributed by atoms with Crippen LogP contribution in [0.2, 0.25) is 5.02 Å². The Kier molecular flexibility index (Phi) is 5.55. The SMILES string of the molecule is Cc1nc(-c2cccc(C(=O)Nc3ccc(OCC(F)(F)F)c(Cl)c3)c2)no1. The van der Waals surface area contributed by atoms with Gasteiger partial charge < -0.3 is 14.6 Å². The number of nitrogens with zero attached hydrogens (tertiary/aromatic N) is 2. The molecule has 0 aliphatic carbocycles. The number of carbonyl (C=O) groups is 1. The van der Waals surface area contributed by atoms with Gasteiger partial charge in [0.2, 0.25) is 11.7 Å². The van der Waals surface area contributed by atoms with Crippen molar-refractivity contribution in [2.24, 2.45) is 0 Å². The molecule has 0 saturated heterocycles. The first-order chi connectivity index (χ1) is 13.2. The Hall–Kier alpha value is -3.07. The molecule has 0 atom stereocenters. The molecule has 0 unspecified atom stereocenters. The highest BCUT2D eigenvalue weighted by molar-refractivity contribution is 6.32. The summed E-state index contributed by atoms with van der Waals surface area (Å²) in [5.74, 6) is 0.169. The molecule has 0 aliphatic rings. The van der Waals surface area contributed by atoms with Gasteiger partial charge in [0.05, 0.1) is 5.02 Å². The fourth-order valence-electron chi connectivity index (χ4n) is 2.27. The maximum Gasteiger partial charge on any atom is 0.422 e. The Morgan fingerprint density at radius 3 is 2.68 bits per heavy atom. The molecular weight excluding hydrogens is 399 g/mol. The van der Waals surface area contributed by atoms with E-state index >= 15 is 0 Å². The lowest BCUT2D eigenvalue weighted by Gasteiger charge is -2.12. The van der Waals surface area contributed by atoms with Crippen molar-refractivity contribution >= 4 is 23.2 Å². The van der Waals surface area contributed by atoms with Gasteiger partial charge in [0, 0.05) is 23.7 Å². The molecule has 0 bridgehead atoms. The smallest absolute Gasteiger partial charge is 0.422 e. The van der Waals surface area contributed by atoms with E-state index in [1.165, 1.54) is 18.2 Å². The van der Waals surface area contributed by atoms with Crippen LogP contribution in [-0.2, 0) is 0 Å². The van der Waals surface area contributed by atoms with Crippen LogP contribution in [-0.4, -0.2) is 28.8 Å². The zero-order chi connectivity index (χ0) is 20.3. The minimum Gasteiger partial charge on any atom is -0.483 e. The molecule has 3 aromatic rings. The number of aryl methyl sites for hydroxylation is 1. The summed E-state index contributed by atoms with van der Waals surface area (Å²) in [5.41, 5.74) is 1.22. The average molecular weight is 412 g/mol. The number of benzene rings is 2. The monoisotopic (exact) mass is 411 g/mol. The maximum absolute atomic E-state index is 12.5. The van der Waals surface area contributed by atoms with E-state index in [2.05, 4.69) is 20.2 Å². The minimum absolute atomic E-state index is 0.0573. The molecule has 0 spiro atoms. The Bertz CT molecular complexity index is 1000. The number of anilines is 1. The standard InChI is InChI=1S/C18H13ClF3N3O3/c1-10-23-16(25-28-10)11-3-2-4-12(7-11)17(26)24-13-5-6-15(14(19)8-13)27-9-18(20,21)22/h2-8H,9H2,1H3,(H,24,26). The molecule has 0 aliphatic heterocycles. The highest BCUT2D eigenvalue weighted by Gasteiger charge is 2.28. The maximum atomic E-state index is 12.5. The Balaban J connectivity index is 1.72. The Morgan fingerprint density at radius 2 is 2.04 bits per heavy atom. The lowest BCUT2D eigenvalue weighted by atomic mass is 10.1. The normalized spacial score (nSPS) is 11.3. The van der Waals surface area contributed by atoms with Crippen LogP contribution in [0, 0.1) is 6.92 Å². The molecule has 10 heteroatoms. The van der Waals surface area contributed by atoms with Gasteiger partial charge in [-0.1, -0.05) is 28.9 Å². The lowest BCUT2D eigenvalue weighted by Crippen LogP contribution is -2.19. The molecule has 1 aromatic heterocycles. The lowest BCUT2D eigenvalue weighted by molar-refractivity contribution is -0.153. The van der Waals surface area contributed by atoms with Gasteiger partial charge in [-0.3, -0.25) is 4.79 Å². The van der Waals surface area contributed by atoms with Crippen molar-refractivity contribution in [1.29, 1.82) is 0 Å². The third-order valence-corrected chi connectivity index (χ3v) is 3.79. The van der Waals surface area contributed by atoms with E-state index in [0.29, 0.717) is 28.5 Å². The number of hydrogen-bond acceptors (Lipinski definition) is 5. The van der Waals surface area contributed by atoms with Gasteiger partial charge in [-0.25, -0.2) is 0 Å². The zero-order valence-electron chi connectivity index (χ0n) is 14.4. The van der Waals surface area contributed by atoms with Crippen LogP contribution in [0.15, 0.2) is 47.0 Å². The first-order valence-electron chi connectivity index (χ1n) is 7.92. The number of hydrogen-bond donors (Lipinski definition) is 1. The van der Waals surface area contributed by atoms with Crippen LogP contribution in [0.1, 0.15) is 16.2 Å². The second-order valence-corrected chi connectivity index (χ2v) is 6.13. The van der Waals surface area contributed by atoms with Gasteiger partial charge in [0.15, 0.2) is 6.61 Å². The third kappa shape index (κ3) is 5.01. The average Bonchev–Trinajstić information content (AvgIpc) is 3.07. The van der Waals surface area contributed by atoms with Crippen molar-refractivity contribution in [3.63, 3.8) is 0 Å². The number of carbonyl (C=O) groups excluding carboxylic acids is 1. The molecular formula is C18H13ClF3N3O3. The molecule has 1 heterocycles. The van der Waals surface area contributed by atoms with Gasteiger partial charge in [-0.2, -0.15) is 18.2 Å². The fraction of sp³-hybridized carbons (Fsp3) is 0.167. The number of ether oxygens (including phenoxy) is 1. The van der Waals surface area contributed by atoms with E-state index in [1.54, 1.807) is 31.2 Å². The molecule has 1 N–H and O–H groups in total. The van der Waals surface area contributed by atoms with Crippen LogP contribution < -0.4 is 10.1 Å². The Morgan fingerprint density at radius 1 is 1.25 bits per heavy atom. The van der Waals surface area contributed by atoms with E-state index in [0.717, 1.165) is 0 Å². The van der Waals surface area contributed by atoms with Gasteiger partial charge in [0.25, 0.3) is 5.91 Å². The molecule has 0 fully saturated rings. The van der Waals surface area contributed by atoms with Gasteiger partial charge in [0.1, 0.15) is 5.75 Å². The van der Waals surface area contributed by atoms with Crippen LogP contribution in [0.5, 0.6) is 5.75 Å². The van der Waals surface area contributed by atoms with Crippen molar-refractivity contribution in [1.82, 2.24) is 10.1 Å². The number of nitrogens with one attached hydrogen (secondary N) is 1. The van der Waals surface area contributed by atoms with Gasteiger partial charge in [-0.05, 0) is 30.3 Å². The summed E-state index contributed by atoms with van der Waals surface area (Å²) in [6.45, 7) is 0.194. The van der Waals surface area contributed by atoms with E-state index in [4.69, 9.17) is 16.1 Å². The Labute approximate surface area is 162 Å². The van der Waals surface area contributed by atoms with Gasteiger partial charge in [-0.15, -0.1) is 0 Å². The van der Waals surface area contributed by atoms with Crippen molar-refractivity contribution in [2.75, 3.05) is 11.9 Å². The predicted molar refractivity (Wildman–Crippen MR) is 95.4 cm³/mol. The van der Waals surface area contributed by atoms with Crippen LogP contribution >= 0.6 is 11.6 Å². The van der Waals surface area contributed by atoms with Crippen molar-refractivity contribution < 1.29 is 27.2 Å². The van der Waals surface area contributed by atoms with Crippen LogP contribution in [0.4, 0.5) is 18.9 Å². The summed E-state index contributed by atoms with van der Waals surface area (Å²) in [6, 6.07) is 10.5. The molecule has 0 saturated carbocycles.